The number of halogens is 2. The summed E-state index contributed by atoms with van der Waals surface area (Å²) in [5.74, 6) is 1.04. The Labute approximate surface area is 131 Å². The summed E-state index contributed by atoms with van der Waals surface area (Å²) in [5.41, 5.74) is 8.20. The predicted octanol–water partition coefficient (Wildman–Crippen LogP) is 4.19. The Morgan fingerprint density at radius 2 is 1.90 bits per heavy atom. The molecule has 0 unspecified atom stereocenters. The molecule has 4 nitrogen and oxygen atoms in total. The third kappa shape index (κ3) is 2.37. The lowest BCUT2D eigenvalue weighted by atomic mass is 10.0. The number of hydrogen-bond donors (Lipinski definition) is 1. The summed E-state index contributed by atoms with van der Waals surface area (Å²) in [6.45, 7) is 0. The Morgan fingerprint density at radius 1 is 1.10 bits per heavy atom. The van der Waals surface area contributed by atoms with E-state index in [0.717, 1.165) is 11.1 Å². The zero-order valence-corrected chi connectivity index (χ0v) is 12.6. The van der Waals surface area contributed by atoms with Gasteiger partial charge in [0.2, 0.25) is 0 Å². The van der Waals surface area contributed by atoms with Gasteiger partial charge >= 0.3 is 0 Å². The van der Waals surface area contributed by atoms with Crippen LogP contribution < -0.4 is 10.5 Å². The molecule has 0 spiro atoms. The average molecular weight is 320 g/mol. The molecule has 0 saturated carbocycles. The topological polar surface area (TPSA) is 61.0 Å². The van der Waals surface area contributed by atoms with Crippen molar-refractivity contribution in [2.24, 2.45) is 0 Å². The third-order valence-corrected chi connectivity index (χ3v) is 4.04. The molecule has 0 atom stereocenters. The maximum atomic E-state index is 6.32. The molecule has 0 aliphatic rings. The van der Waals surface area contributed by atoms with E-state index in [1.807, 2.05) is 18.2 Å². The highest BCUT2D eigenvalue weighted by molar-refractivity contribution is 6.43. The number of rotatable bonds is 2. The van der Waals surface area contributed by atoms with Gasteiger partial charge < -0.3 is 10.5 Å². The predicted molar refractivity (Wildman–Crippen MR) is 86.0 cm³/mol. The number of anilines is 1. The molecule has 3 aromatic rings. The second-order valence-corrected chi connectivity index (χ2v) is 5.22. The van der Waals surface area contributed by atoms with Gasteiger partial charge in [-0.2, -0.15) is 0 Å². The molecule has 1 heterocycles. The van der Waals surface area contributed by atoms with E-state index < -0.39 is 0 Å². The molecular formula is C15H11Cl2N3O. The maximum Gasteiger partial charge on any atom is 0.134 e. The van der Waals surface area contributed by atoms with E-state index in [9.17, 15) is 0 Å². The van der Waals surface area contributed by atoms with E-state index in [1.54, 1.807) is 19.2 Å². The van der Waals surface area contributed by atoms with Crippen molar-refractivity contribution in [1.82, 2.24) is 9.97 Å². The zero-order chi connectivity index (χ0) is 15.0. The molecule has 2 N–H and O–H groups in total. The maximum absolute atomic E-state index is 6.32. The number of hydrogen-bond acceptors (Lipinski definition) is 4. The summed E-state index contributed by atoms with van der Waals surface area (Å²) in [6.07, 6.45) is 1.42. The van der Waals surface area contributed by atoms with Crippen LogP contribution in [0.15, 0.2) is 36.7 Å². The number of aromatic nitrogens is 2. The van der Waals surface area contributed by atoms with Crippen LogP contribution in [0.1, 0.15) is 0 Å². The molecule has 0 saturated heterocycles. The minimum atomic E-state index is 0.387. The van der Waals surface area contributed by atoms with Crippen molar-refractivity contribution < 1.29 is 4.74 Å². The SMILES string of the molecule is COc1cc(-c2cccc(Cl)c2Cl)c2ncnc(N)c2c1. The van der Waals surface area contributed by atoms with Crippen LogP contribution in [0.4, 0.5) is 5.82 Å². The molecule has 3 rings (SSSR count). The van der Waals surface area contributed by atoms with Gasteiger partial charge in [-0.15, -0.1) is 0 Å². The fourth-order valence-corrected chi connectivity index (χ4v) is 2.60. The van der Waals surface area contributed by atoms with Gasteiger partial charge in [0.25, 0.3) is 0 Å². The smallest absolute Gasteiger partial charge is 0.134 e. The molecule has 0 radical (unpaired) electrons. The fraction of sp³-hybridized carbons (Fsp3) is 0.0667. The van der Waals surface area contributed by atoms with E-state index >= 15 is 0 Å². The summed E-state index contributed by atoms with van der Waals surface area (Å²) in [6, 6.07) is 9.10. The van der Waals surface area contributed by atoms with Crippen LogP contribution in [-0.4, -0.2) is 17.1 Å². The Kier molecular flexibility index (Phi) is 3.57. The number of nitrogens with two attached hydrogens (primary N) is 1. The van der Waals surface area contributed by atoms with Crippen molar-refractivity contribution in [1.29, 1.82) is 0 Å². The lowest BCUT2D eigenvalue weighted by Crippen LogP contribution is -1.96. The lowest BCUT2D eigenvalue weighted by Gasteiger charge is -2.12. The molecule has 0 aliphatic carbocycles. The minimum absolute atomic E-state index is 0.387. The van der Waals surface area contributed by atoms with Crippen LogP contribution in [0.5, 0.6) is 5.75 Å². The number of fused-ring (bicyclic) bond motifs is 1. The first-order valence-electron chi connectivity index (χ1n) is 6.14. The van der Waals surface area contributed by atoms with Gasteiger partial charge in [-0.25, -0.2) is 9.97 Å². The van der Waals surface area contributed by atoms with Gasteiger partial charge in [0, 0.05) is 16.5 Å². The van der Waals surface area contributed by atoms with Gasteiger partial charge in [0.05, 0.1) is 22.7 Å². The largest absolute Gasteiger partial charge is 0.497 e. The quantitative estimate of drug-likeness (QED) is 0.769. The average Bonchev–Trinajstić information content (AvgIpc) is 2.50. The first kappa shape index (κ1) is 13.9. The van der Waals surface area contributed by atoms with Crippen LogP contribution in [-0.2, 0) is 0 Å². The van der Waals surface area contributed by atoms with E-state index in [2.05, 4.69) is 9.97 Å². The molecule has 0 bridgehead atoms. The molecular weight excluding hydrogens is 309 g/mol. The summed E-state index contributed by atoms with van der Waals surface area (Å²) < 4.78 is 5.32. The van der Waals surface area contributed by atoms with E-state index in [0.29, 0.717) is 32.5 Å². The molecule has 21 heavy (non-hydrogen) atoms. The Bertz CT molecular complexity index is 837. The molecule has 2 aromatic carbocycles. The van der Waals surface area contributed by atoms with Crippen molar-refractivity contribution in [3.63, 3.8) is 0 Å². The molecule has 1 aromatic heterocycles. The first-order chi connectivity index (χ1) is 10.1. The van der Waals surface area contributed by atoms with E-state index in [4.69, 9.17) is 33.7 Å². The number of nitrogen functional groups attached to an aromatic ring is 1. The number of methoxy groups -OCH3 is 1. The van der Waals surface area contributed by atoms with Crippen LogP contribution in [0.2, 0.25) is 10.0 Å². The monoisotopic (exact) mass is 319 g/mol. The van der Waals surface area contributed by atoms with E-state index in [1.165, 1.54) is 6.33 Å². The first-order valence-corrected chi connectivity index (χ1v) is 6.90. The summed E-state index contributed by atoms with van der Waals surface area (Å²) >= 11 is 12.4. The second-order valence-electron chi connectivity index (χ2n) is 4.43. The van der Waals surface area contributed by atoms with Crippen LogP contribution in [0, 0.1) is 0 Å². The normalized spacial score (nSPS) is 10.8. The van der Waals surface area contributed by atoms with Crippen molar-refractivity contribution >= 4 is 39.9 Å². The van der Waals surface area contributed by atoms with Gasteiger partial charge in [0.1, 0.15) is 17.9 Å². The summed E-state index contributed by atoms with van der Waals surface area (Å²) in [5, 5.41) is 1.65. The van der Waals surface area contributed by atoms with Crippen LogP contribution >= 0.6 is 23.2 Å². The Morgan fingerprint density at radius 3 is 2.67 bits per heavy atom. The third-order valence-electron chi connectivity index (χ3n) is 3.22. The van der Waals surface area contributed by atoms with Crippen molar-refractivity contribution in [3.8, 4) is 16.9 Å². The lowest BCUT2D eigenvalue weighted by molar-refractivity contribution is 0.415. The number of nitrogens with zero attached hydrogens (tertiary/aromatic N) is 2. The highest BCUT2D eigenvalue weighted by Gasteiger charge is 2.14. The van der Waals surface area contributed by atoms with Crippen molar-refractivity contribution in [3.05, 3.63) is 46.7 Å². The minimum Gasteiger partial charge on any atom is -0.497 e. The zero-order valence-electron chi connectivity index (χ0n) is 11.1. The van der Waals surface area contributed by atoms with Gasteiger partial charge in [-0.05, 0) is 18.2 Å². The van der Waals surface area contributed by atoms with Gasteiger partial charge in [-0.3, -0.25) is 0 Å². The number of benzene rings is 2. The van der Waals surface area contributed by atoms with Gasteiger partial charge in [-0.1, -0.05) is 35.3 Å². The second kappa shape index (κ2) is 5.39. The Balaban J connectivity index is 2.41. The fourth-order valence-electron chi connectivity index (χ4n) is 2.20. The van der Waals surface area contributed by atoms with Gasteiger partial charge in [0.15, 0.2) is 0 Å². The van der Waals surface area contributed by atoms with Crippen LogP contribution in [0.3, 0.4) is 0 Å². The van der Waals surface area contributed by atoms with Crippen LogP contribution in [0.25, 0.3) is 22.0 Å². The highest BCUT2D eigenvalue weighted by Crippen LogP contribution is 2.39. The summed E-state index contributed by atoms with van der Waals surface area (Å²) in [7, 11) is 1.59. The molecule has 106 valence electrons. The molecule has 0 fully saturated rings. The molecule has 0 aliphatic heterocycles. The van der Waals surface area contributed by atoms with Crippen molar-refractivity contribution in [2.45, 2.75) is 0 Å². The standard InChI is InChI=1S/C15H11Cl2N3O/c1-21-8-5-10(9-3-2-4-12(16)13(9)17)14-11(6-8)15(18)20-7-19-14/h2-7H,1H3,(H2,18,19,20). The highest BCUT2D eigenvalue weighted by atomic mass is 35.5. The Hall–Kier alpha value is -2.04. The number of ether oxygens (including phenoxy) is 1. The summed E-state index contributed by atoms with van der Waals surface area (Å²) in [4.78, 5) is 8.33. The van der Waals surface area contributed by atoms with Crippen molar-refractivity contribution in [2.75, 3.05) is 12.8 Å². The molecule has 0 amide bonds. The van der Waals surface area contributed by atoms with E-state index in [-0.39, 0.29) is 0 Å². The molecule has 6 heteroatoms.